The highest BCUT2D eigenvalue weighted by molar-refractivity contribution is 5.99. The van der Waals surface area contributed by atoms with Gasteiger partial charge in [-0.15, -0.1) is 0 Å². The van der Waals surface area contributed by atoms with Gasteiger partial charge in [0.1, 0.15) is 0 Å². The molecule has 0 aliphatic carbocycles. The Bertz CT molecular complexity index is 522. The number of aliphatic hydroxyl groups is 1. The van der Waals surface area contributed by atoms with Crippen molar-refractivity contribution in [2.24, 2.45) is 5.73 Å². The molecule has 0 unspecified atom stereocenters. The summed E-state index contributed by atoms with van der Waals surface area (Å²) in [7, 11) is 0. The summed E-state index contributed by atoms with van der Waals surface area (Å²) in [4.78, 5) is 11.1. The Hall–Kier alpha value is -2.08. The number of hydrogen-bond donors (Lipinski definition) is 3. The predicted octanol–water partition coefficient (Wildman–Crippen LogP) is 0.864. The van der Waals surface area contributed by atoms with Crippen molar-refractivity contribution in [1.29, 1.82) is 0 Å². The van der Waals surface area contributed by atoms with Gasteiger partial charge >= 0.3 is 0 Å². The Morgan fingerprint density at radius 1 is 1.56 bits per heavy atom. The first kappa shape index (κ1) is 14.0. The van der Waals surface area contributed by atoms with Crippen LogP contribution in [0.5, 0.6) is 0 Å². The van der Waals surface area contributed by atoms with E-state index in [0.717, 1.165) is 5.69 Å². The molecule has 0 saturated heterocycles. The fraction of sp³-hybridized carbons (Fsp3) is 0.333. The second kappa shape index (κ2) is 6.61. The van der Waals surface area contributed by atoms with Crippen molar-refractivity contribution in [1.82, 2.24) is 9.61 Å². The van der Waals surface area contributed by atoms with Crippen molar-refractivity contribution in [3.63, 3.8) is 0 Å². The molecule has 0 bridgehead atoms. The SMILES string of the molecule is CC.NC(=O)c1cnn2ccc(NCCO)cc12. The molecule has 0 radical (unpaired) electrons. The van der Waals surface area contributed by atoms with Gasteiger partial charge in [-0.05, 0) is 12.1 Å². The van der Waals surface area contributed by atoms with Gasteiger partial charge in [-0.1, -0.05) is 13.8 Å². The maximum absolute atomic E-state index is 11.1. The second-order valence-corrected chi connectivity index (χ2v) is 3.32. The number of amides is 1. The summed E-state index contributed by atoms with van der Waals surface area (Å²) in [6.45, 7) is 4.50. The predicted molar refractivity (Wildman–Crippen MR) is 70.6 cm³/mol. The Morgan fingerprint density at radius 2 is 2.28 bits per heavy atom. The first-order chi connectivity index (χ1) is 8.72. The average Bonchev–Trinajstić information content (AvgIpc) is 2.81. The number of rotatable bonds is 4. The summed E-state index contributed by atoms with van der Waals surface area (Å²) in [6.07, 6.45) is 3.16. The maximum atomic E-state index is 11.1. The zero-order chi connectivity index (χ0) is 13.5. The average molecular weight is 250 g/mol. The molecule has 2 heterocycles. The summed E-state index contributed by atoms with van der Waals surface area (Å²) in [6, 6.07) is 3.57. The van der Waals surface area contributed by atoms with Crippen LogP contribution in [-0.2, 0) is 0 Å². The summed E-state index contributed by atoms with van der Waals surface area (Å²) in [5, 5.41) is 15.7. The van der Waals surface area contributed by atoms with E-state index in [9.17, 15) is 4.79 Å². The van der Waals surface area contributed by atoms with Crippen LogP contribution in [0.2, 0.25) is 0 Å². The van der Waals surface area contributed by atoms with E-state index in [1.54, 1.807) is 22.8 Å². The van der Waals surface area contributed by atoms with E-state index >= 15 is 0 Å². The fourth-order valence-electron chi connectivity index (χ4n) is 1.48. The zero-order valence-electron chi connectivity index (χ0n) is 10.6. The van der Waals surface area contributed by atoms with Crippen LogP contribution in [0.1, 0.15) is 24.2 Å². The molecule has 0 saturated carbocycles. The lowest BCUT2D eigenvalue weighted by Gasteiger charge is -2.04. The molecule has 0 aromatic carbocycles. The lowest BCUT2D eigenvalue weighted by molar-refractivity contribution is 0.100. The molecule has 0 atom stereocenters. The van der Waals surface area contributed by atoms with E-state index < -0.39 is 5.91 Å². The number of nitrogens with zero attached hydrogens (tertiary/aromatic N) is 2. The van der Waals surface area contributed by atoms with Gasteiger partial charge in [0.15, 0.2) is 0 Å². The number of aliphatic hydroxyl groups excluding tert-OH is 1. The van der Waals surface area contributed by atoms with Gasteiger partial charge in [0.05, 0.1) is 23.9 Å². The number of aromatic nitrogens is 2. The smallest absolute Gasteiger partial charge is 0.252 e. The van der Waals surface area contributed by atoms with Crippen LogP contribution in [0.3, 0.4) is 0 Å². The minimum atomic E-state index is -0.505. The quantitative estimate of drug-likeness (QED) is 0.750. The molecule has 18 heavy (non-hydrogen) atoms. The number of nitrogens with two attached hydrogens (primary N) is 1. The third kappa shape index (κ3) is 2.98. The monoisotopic (exact) mass is 250 g/mol. The Balaban J connectivity index is 0.000000771. The van der Waals surface area contributed by atoms with E-state index in [1.807, 2.05) is 13.8 Å². The van der Waals surface area contributed by atoms with Crippen LogP contribution in [0.15, 0.2) is 24.5 Å². The maximum Gasteiger partial charge on any atom is 0.252 e. The van der Waals surface area contributed by atoms with Gasteiger partial charge in [-0.25, -0.2) is 4.52 Å². The molecule has 4 N–H and O–H groups in total. The molecule has 98 valence electrons. The van der Waals surface area contributed by atoms with Crippen molar-refractivity contribution >= 4 is 17.1 Å². The standard InChI is InChI=1S/C10H12N4O2.C2H6/c11-10(16)8-6-13-14-3-1-7(5-9(8)14)12-2-4-15;1-2/h1,3,5-6,12,15H,2,4H2,(H2,11,16);1-2H3. The molecule has 2 aromatic rings. The number of primary amides is 1. The Labute approximate surface area is 105 Å². The molecule has 6 nitrogen and oxygen atoms in total. The third-order valence-electron chi connectivity index (χ3n) is 2.23. The van der Waals surface area contributed by atoms with Crippen LogP contribution in [0.25, 0.3) is 5.52 Å². The van der Waals surface area contributed by atoms with Crippen molar-refractivity contribution in [3.05, 3.63) is 30.1 Å². The van der Waals surface area contributed by atoms with E-state index in [-0.39, 0.29) is 6.61 Å². The molecule has 2 rings (SSSR count). The molecule has 0 aliphatic rings. The van der Waals surface area contributed by atoms with Gasteiger partial charge in [-0.2, -0.15) is 5.10 Å². The van der Waals surface area contributed by atoms with Crippen LogP contribution < -0.4 is 11.1 Å². The number of carbonyl (C=O) groups excluding carboxylic acids is 1. The number of carbonyl (C=O) groups is 1. The minimum Gasteiger partial charge on any atom is -0.395 e. The van der Waals surface area contributed by atoms with E-state index in [4.69, 9.17) is 10.8 Å². The molecule has 0 spiro atoms. The van der Waals surface area contributed by atoms with Gasteiger partial charge < -0.3 is 16.2 Å². The van der Waals surface area contributed by atoms with Crippen molar-refractivity contribution in [2.45, 2.75) is 13.8 Å². The van der Waals surface area contributed by atoms with Gasteiger partial charge in [0.25, 0.3) is 5.91 Å². The summed E-state index contributed by atoms with van der Waals surface area (Å²) < 4.78 is 1.57. The minimum absolute atomic E-state index is 0.0487. The molecular formula is C12H18N4O2. The normalized spacial score (nSPS) is 9.72. The summed E-state index contributed by atoms with van der Waals surface area (Å²) in [5.41, 5.74) is 7.06. The number of fused-ring (bicyclic) bond motifs is 1. The van der Waals surface area contributed by atoms with Crippen molar-refractivity contribution in [2.75, 3.05) is 18.5 Å². The van der Waals surface area contributed by atoms with E-state index in [2.05, 4.69) is 10.4 Å². The Kier molecular flexibility index (Phi) is 5.13. The number of hydrogen-bond acceptors (Lipinski definition) is 4. The molecular weight excluding hydrogens is 232 g/mol. The first-order valence-electron chi connectivity index (χ1n) is 5.84. The number of nitrogens with one attached hydrogen (secondary N) is 1. The van der Waals surface area contributed by atoms with Crippen molar-refractivity contribution < 1.29 is 9.90 Å². The van der Waals surface area contributed by atoms with E-state index in [0.29, 0.717) is 17.6 Å². The molecule has 1 amide bonds. The molecule has 2 aromatic heterocycles. The highest BCUT2D eigenvalue weighted by Gasteiger charge is 2.09. The molecule has 0 fully saturated rings. The fourth-order valence-corrected chi connectivity index (χ4v) is 1.48. The van der Waals surface area contributed by atoms with Crippen LogP contribution in [0.4, 0.5) is 5.69 Å². The van der Waals surface area contributed by atoms with Crippen molar-refractivity contribution in [3.8, 4) is 0 Å². The topological polar surface area (TPSA) is 92.7 Å². The first-order valence-corrected chi connectivity index (χ1v) is 5.84. The Morgan fingerprint density at radius 3 is 2.89 bits per heavy atom. The van der Waals surface area contributed by atoms with Crippen LogP contribution in [-0.4, -0.2) is 33.8 Å². The number of pyridine rings is 1. The van der Waals surface area contributed by atoms with Gasteiger partial charge in [-0.3, -0.25) is 4.79 Å². The largest absolute Gasteiger partial charge is 0.395 e. The highest BCUT2D eigenvalue weighted by atomic mass is 16.3. The lowest BCUT2D eigenvalue weighted by Crippen LogP contribution is -2.10. The van der Waals surface area contributed by atoms with Crippen LogP contribution >= 0.6 is 0 Å². The van der Waals surface area contributed by atoms with Gasteiger partial charge in [0, 0.05) is 18.4 Å². The number of anilines is 1. The zero-order valence-corrected chi connectivity index (χ0v) is 10.6. The summed E-state index contributed by atoms with van der Waals surface area (Å²) >= 11 is 0. The van der Waals surface area contributed by atoms with Crippen LogP contribution in [0, 0.1) is 0 Å². The molecule has 0 aliphatic heterocycles. The lowest BCUT2D eigenvalue weighted by atomic mass is 10.2. The highest BCUT2D eigenvalue weighted by Crippen LogP contribution is 2.15. The second-order valence-electron chi connectivity index (χ2n) is 3.32. The molecule has 6 heteroatoms. The third-order valence-corrected chi connectivity index (χ3v) is 2.23. The summed E-state index contributed by atoms with van der Waals surface area (Å²) in [5.74, 6) is -0.505. The van der Waals surface area contributed by atoms with E-state index in [1.165, 1.54) is 6.20 Å². The van der Waals surface area contributed by atoms with Gasteiger partial charge in [0.2, 0.25) is 0 Å².